The molecule has 6 heteroatoms. The molecule has 1 aromatic carbocycles. The smallest absolute Gasteiger partial charge is 0.136 e. The number of aromatic nitrogens is 2. The summed E-state index contributed by atoms with van der Waals surface area (Å²) < 4.78 is 11.5. The average molecular weight is 340 g/mol. The highest BCUT2D eigenvalue weighted by atomic mass is 16.5. The largest absolute Gasteiger partial charge is 0.489 e. The zero-order valence-corrected chi connectivity index (χ0v) is 14.3. The van der Waals surface area contributed by atoms with Crippen LogP contribution in [0, 0.1) is 0 Å². The maximum Gasteiger partial charge on any atom is 0.136 e. The van der Waals surface area contributed by atoms with Gasteiger partial charge in [-0.15, -0.1) is 0 Å². The Morgan fingerprint density at radius 3 is 2.68 bits per heavy atom. The minimum absolute atomic E-state index is 0.171. The van der Waals surface area contributed by atoms with Crippen LogP contribution in [0.15, 0.2) is 36.4 Å². The number of nitrogen functional groups attached to an aromatic ring is 1. The van der Waals surface area contributed by atoms with Crippen LogP contribution in [0.25, 0.3) is 0 Å². The van der Waals surface area contributed by atoms with Crippen LogP contribution in [-0.2, 0) is 4.74 Å². The molecule has 6 nitrogen and oxygen atoms in total. The molecule has 1 aromatic heterocycles. The van der Waals surface area contributed by atoms with Gasteiger partial charge in [-0.25, -0.2) is 9.97 Å². The van der Waals surface area contributed by atoms with Gasteiger partial charge in [0.1, 0.15) is 29.3 Å². The van der Waals surface area contributed by atoms with E-state index in [-0.39, 0.29) is 6.10 Å². The first-order valence-electron chi connectivity index (χ1n) is 8.97. The maximum atomic E-state index is 6.07. The van der Waals surface area contributed by atoms with Crippen molar-refractivity contribution in [3.63, 3.8) is 0 Å². The lowest BCUT2D eigenvalue weighted by Crippen LogP contribution is -2.26. The fraction of sp³-hybridized carbons (Fsp3) is 0.474. The van der Waals surface area contributed by atoms with Gasteiger partial charge in [0.25, 0.3) is 0 Å². The third-order valence-electron chi connectivity index (χ3n) is 4.85. The SMILES string of the molecule is Nc1cc(N2CC[C@@H](Oc3ccccc3)C2)nc(C2CCOCC2)n1. The van der Waals surface area contributed by atoms with E-state index in [1.807, 2.05) is 36.4 Å². The molecule has 2 aliphatic rings. The van der Waals surface area contributed by atoms with Crippen molar-refractivity contribution in [2.24, 2.45) is 0 Å². The second-order valence-electron chi connectivity index (χ2n) is 6.68. The molecule has 0 spiro atoms. The van der Waals surface area contributed by atoms with E-state index in [1.165, 1.54) is 0 Å². The third kappa shape index (κ3) is 3.85. The number of para-hydroxylation sites is 1. The molecule has 0 saturated carbocycles. The first-order chi connectivity index (χ1) is 12.3. The molecule has 2 N–H and O–H groups in total. The molecular formula is C19H24N4O2. The van der Waals surface area contributed by atoms with Crippen LogP contribution >= 0.6 is 0 Å². The molecule has 0 amide bonds. The molecule has 0 unspecified atom stereocenters. The second-order valence-corrected chi connectivity index (χ2v) is 6.68. The van der Waals surface area contributed by atoms with E-state index in [1.54, 1.807) is 0 Å². The fourth-order valence-electron chi connectivity index (χ4n) is 3.50. The second kappa shape index (κ2) is 7.27. The molecule has 2 aliphatic heterocycles. The van der Waals surface area contributed by atoms with Crippen molar-refractivity contribution in [1.29, 1.82) is 0 Å². The number of benzene rings is 1. The molecule has 0 bridgehead atoms. The lowest BCUT2D eigenvalue weighted by Gasteiger charge is -2.23. The zero-order valence-electron chi connectivity index (χ0n) is 14.3. The molecule has 0 aliphatic carbocycles. The van der Waals surface area contributed by atoms with Crippen LogP contribution in [0.3, 0.4) is 0 Å². The minimum atomic E-state index is 0.171. The van der Waals surface area contributed by atoms with Gasteiger partial charge in [-0.3, -0.25) is 0 Å². The van der Waals surface area contributed by atoms with Gasteiger partial charge < -0.3 is 20.1 Å². The monoisotopic (exact) mass is 340 g/mol. The number of hydrogen-bond donors (Lipinski definition) is 1. The quantitative estimate of drug-likeness (QED) is 0.922. The van der Waals surface area contributed by atoms with E-state index in [0.29, 0.717) is 11.7 Å². The summed E-state index contributed by atoms with van der Waals surface area (Å²) in [6.45, 7) is 3.28. The highest BCUT2D eigenvalue weighted by Crippen LogP contribution is 2.28. The van der Waals surface area contributed by atoms with Gasteiger partial charge in [0.05, 0.1) is 6.54 Å². The summed E-state index contributed by atoms with van der Waals surface area (Å²) in [7, 11) is 0. The Morgan fingerprint density at radius 1 is 1.08 bits per heavy atom. The highest BCUT2D eigenvalue weighted by Gasteiger charge is 2.27. The molecule has 132 valence electrons. The van der Waals surface area contributed by atoms with Crippen molar-refractivity contribution < 1.29 is 9.47 Å². The number of anilines is 2. The van der Waals surface area contributed by atoms with Crippen molar-refractivity contribution >= 4 is 11.6 Å². The van der Waals surface area contributed by atoms with Crippen molar-refractivity contribution in [1.82, 2.24) is 9.97 Å². The average Bonchev–Trinajstić information content (AvgIpc) is 3.11. The van der Waals surface area contributed by atoms with E-state index in [2.05, 4.69) is 9.88 Å². The van der Waals surface area contributed by atoms with Gasteiger partial charge in [-0.1, -0.05) is 18.2 Å². The lowest BCUT2D eigenvalue weighted by molar-refractivity contribution is 0.0836. The molecule has 0 radical (unpaired) electrons. The van der Waals surface area contributed by atoms with E-state index >= 15 is 0 Å². The zero-order chi connectivity index (χ0) is 17.1. The first kappa shape index (κ1) is 16.1. The van der Waals surface area contributed by atoms with Crippen molar-refractivity contribution in [3.8, 4) is 5.75 Å². The van der Waals surface area contributed by atoms with Crippen LogP contribution in [0.1, 0.15) is 31.0 Å². The third-order valence-corrected chi connectivity index (χ3v) is 4.85. The Bertz CT molecular complexity index is 704. The van der Waals surface area contributed by atoms with E-state index in [4.69, 9.17) is 20.2 Å². The van der Waals surface area contributed by atoms with Crippen LogP contribution in [0.2, 0.25) is 0 Å². The molecule has 2 aromatic rings. The minimum Gasteiger partial charge on any atom is -0.489 e. The molecular weight excluding hydrogens is 316 g/mol. The van der Waals surface area contributed by atoms with Crippen molar-refractivity contribution in [2.75, 3.05) is 36.9 Å². The Labute approximate surface area is 148 Å². The highest BCUT2D eigenvalue weighted by molar-refractivity contribution is 5.48. The fourth-order valence-corrected chi connectivity index (χ4v) is 3.50. The van der Waals surface area contributed by atoms with Crippen LogP contribution in [0.5, 0.6) is 5.75 Å². The van der Waals surface area contributed by atoms with Gasteiger partial charge in [0, 0.05) is 38.2 Å². The normalized spacial score (nSPS) is 21.4. The summed E-state index contributed by atoms with van der Waals surface area (Å²) in [5, 5.41) is 0. The maximum absolute atomic E-state index is 6.07. The van der Waals surface area contributed by atoms with Crippen LogP contribution < -0.4 is 15.4 Å². The Kier molecular flexibility index (Phi) is 4.70. The van der Waals surface area contributed by atoms with E-state index in [9.17, 15) is 0 Å². The number of nitrogens with zero attached hydrogens (tertiary/aromatic N) is 3. The van der Waals surface area contributed by atoms with Gasteiger partial charge in [0.15, 0.2) is 0 Å². The summed E-state index contributed by atoms with van der Waals surface area (Å²) in [5.41, 5.74) is 6.05. The summed E-state index contributed by atoms with van der Waals surface area (Å²) in [5.74, 6) is 3.56. The van der Waals surface area contributed by atoms with Crippen LogP contribution in [0.4, 0.5) is 11.6 Å². The Hall–Kier alpha value is -2.34. The molecule has 1 atom stereocenters. The summed E-state index contributed by atoms with van der Waals surface area (Å²) in [4.78, 5) is 11.5. The molecule has 2 fully saturated rings. The molecule has 25 heavy (non-hydrogen) atoms. The van der Waals surface area contributed by atoms with Gasteiger partial charge in [-0.2, -0.15) is 0 Å². The van der Waals surface area contributed by atoms with E-state index in [0.717, 1.165) is 63.0 Å². The number of ether oxygens (including phenoxy) is 2. The molecule has 3 heterocycles. The van der Waals surface area contributed by atoms with E-state index < -0.39 is 0 Å². The Balaban J connectivity index is 1.45. The van der Waals surface area contributed by atoms with Gasteiger partial charge in [0.2, 0.25) is 0 Å². The van der Waals surface area contributed by atoms with Gasteiger partial charge in [-0.05, 0) is 25.0 Å². The number of hydrogen-bond acceptors (Lipinski definition) is 6. The van der Waals surface area contributed by atoms with Crippen molar-refractivity contribution in [3.05, 3.63) is 42.2 Å². The summed E-state index contributed by atoms with van der Waals surface area (Å²) in [6, 6.07) is 11.8. The van der Waals surface area contributed by atoms with Crippen LogP contribution in [-0.4, -0.2) is 42.4 Å². The molecule has 2 saturated heterocycles. The molecule has 4 rings (SSSR count). The summed E-state index contributed by atoms with van der Waals surface area (Å²) in [6.07, 6.45) is 3.07. The van der Waals surface area contributed by atoms with Crippen molar-refractivity contribution in [2.45, 2.75) is 31.3 Å². The Morgan fingerprint density at radius 2 is 1.88 bits per heavy atom. The topological polar surface area (TPSA) is 73.5 Å². The standard InChI is InChI=1S/C19H24N4O2/c20-17-12-18(22-19(21-17)14-7-10-24-11-8-14)23-9-6-16(13-23)25-15-4-2-1-3-5-15/h1-5,12,14,16H,6-11,13H2,(H2,20,21,22)/t16-/m1/s1. The predicted molar refractivity (Wildman–Crippen MR) is 96.9 cm³/mol. The number of rotatable bonds is 4. The predicted octanol–water partition coefficient (Wildman–Crippen LogP) is 2.61. The number of nitrogens with two attached hydrogens (primary N) is 1. The first-order valence-corrected chi connectivity index (χ1v) is 8.97. The lowest BCUT2D eigenvalue weighted by atomic mass is 9.99. The van der Waals surface area contributed by atoms with Gasteiger partial charge >= 0.3 is 0 Å². The summed E-state index contributed by atoms with van der Waals surface area (Å²) >= 11 is 0.